The van der Waals surface area contributed by atoms with Crippen LogP contribution in [-0.4, -0.2) is 24.6 Å². The maximum absolute atomic E-state index is 12.8. The molecule has 31 heavy (non-hydrogen) atoms. The molecule has 0 saturated heterocycles. The lowest BCUT2D eigenvalue weighted by atomic mass is 9.93. The van der Waals surface area contributed by atoms with Gasteiger partial charge in [-0.3, -0.25) is 14.2 Å². The van der Waals surface area contributed by atoms with Gasteiger partial charge in [-0.25, -0.2) is 14.3 Å². The van der Waals surface area contributed by atoms with E-state index in [-0.39, 0.29) is 29.9 Å². The molecule has 0 fully saturated rings. The van der Waals surface area contributed by atoms with Crippen molar-refractivity contribution in [2.45, 2.75) is 46.7 Å². The highest BCUT2D eigenvalue weighted by Gasteiger charge is 2.21. The molecule has 0 bridgehead atoms. The molecule has 8 nitrogen and oxygen atoms in total. The first kappa shape index (κ1) is 22.5. The first-order valence-electron chi connectivity index (χ1n) is 10.6. The smallest absolute Gasteiger partial charge is 0.332 e. The lowest BCUT2D eigenvalue weighted by Gasteiger charge is -2.23. The summed E-state index contributed by atoms with van der Waals surface area (Å²) in [5.41, 5.74) is 1.76. The number of fused-ring (bicyclic) bond motifs is 1. The Bertz CT molecular complexity index is 1200. The fourth-order valence-electron chi connectivity index (χ4n) is 3.87. The fourth-order valence-corrected chi connectivity index (χ4v) is 3.87. The Kier molecular flexibility index (Phi) is 6.48. The third-order valence-electron chi connectivity index (χ3n) is 5.47. The van der Waals surface area contributed by atoms with Crippen molar-refractivity contribution in [2.24, 2.45) is 25.9 Å². The first-order chi connectivity index (χ1) is 14.6. The fraction of sp³-hybridized carbons (Fsp3) is 0.478. The minimum atomic E-state index is -0.564. The van der Waals surface area contributed by atoms with Crippen LogP contribution in [0.4, 0.5) is 0 Å². The molecular formula is C23H31N5O3. The maximum Gasteiger partial charge on any atom is 0.332 e. The van der Waals surface area contributed by atoms with Crippen molar-refractivity contribution < 1.29 is 4.79 Å². The molecule has 0 aliphatic carbocycles. The molecule has 1 amide bonds. The molecule has 1 N–H and O–H groups in total. The van der Waals surface area contributed by atoms with Crippen molar-refractivity contribution in [1.82, 2.24) is 24.0 Å². The molecule has 2 aromatic heterocycles. The molecule has 3 aromatic rings. The number of aryl methyl sites for hydroxylation is 2. The van der Waals surface area contributed by atoms with E-state index in [0.717, 1.165) is 16.6 Å². The summed E-state index contributed by atoms with van der Waals surface area (Å²) in [5, 5.41) is 3.00. The number of rotatable bonds is 7. The number of hydrogen-bond acceptors (Lipinski definition) is 4. The lowest BCUT2D eigenvalue weighted by Crippen LogP contribution is -2.44. The van der Waals surface area contributed by atoms with Gasteiger partial charge in [-0.05, 0) is 29.4 Å². The topological polar surface area (TPSA) is 90.9 Å². The Hall–Kier alpha value is -3.16. The highest BCUT2D eigenvalue weighted by Crippen LogP contribution is 2.22. The second-order valence-electron chi connectivity index (χ2n) is 8.89. The molecule has 0 aliphatic heterocycles. The van der Waals surface area contributed by atoms with Crippen molar-refractivity contribution in [3.63, 3.8) is 0 Å². The van der Waals surface area contributed by atoms with Gasteiger partial charge in [0.15, 0.2) is 11.2 Å². The molecule has 1 atom stereocenters. The van der Waals surface area contributed by atoms with Gasteiger partial charge in [0.2, 0.25) is 5.91 Å². The predicted molar refractivity (Wildman–Crippen MR) is 121 cm³/mol. The van der Waals surface area contributed by atoms with E-state index in [9.17, 15) is 14.4 Å². The van der Waals surface area contributed by atoms with Crippen molar-refractivity contribution in [2.75, 3.05) is 0 Å². The maximum atomic E-state index is 12.8. The zero-order chi connectivity index (χ0) is 22.9. The van der Waals surface area contributed by atoms with Crippen LogP contribution in [0.5, 0.6) is 0 Å². The second kappa shape index (κ2) is 8.91. The van der Waals surface area contributed by atoms with Gasteiger partial charge < -0.3 is 9.88 Å². The number of carbonyl (C=O) groups is 1. The minimum Gasteiger partial charge on any atom is -0.347 e. The van der Waals surface area contributed by atoms with Gasteiger partial charge in [-0.15, -0.1) is 0 Å². The van der Waals surface area contributed by atoms with E-state index in [1.54, 1.807) is 18.7 Å². The number of imidazole rings is 1. The summed E-state index contributed by atoms with van der Waals surface area (Å²) >= 11 is 0. The number of nitrogens with zero attached hydrogens (tertiary/aromatic N) is 4. The molecule has 2 heterocycles. The molecule has 3 rings (SSSR count). The Morgan fingerprint density at radius 3 is 2.29 bits per heavy atom. The molecule has 1 aromatic carbocycles. The average molecular weight is 426 g/mol. The summed E-state index contributed by atoms with van der Waals surface area (Å²) in [6.07, 6.45) is 2.48. The third kappa shape index (κ3) is 4.62. The van der Waals surface area contributed by atoms with Crippen LogP contribution >= 0.6 is 0 Å². The molecule has 0 spiro atoms. The predicted octanol–water partition coefficient (Wildman–Crippen LogP) is 2.15. The number of aromatic nitrogens is 4. The first-order valence-corrected chi connectivity index (χ1v) is 10.6. The van der Waals surface area contributed by atoms with Crippen LogP contribution in [0.3, 0.4) is 0 Å². The van der Waals surface area contributed by atoms with Crippen LogP contribution in [-0.2, 0) is 31.9 Å². The van der Waals surface area contributed by atoms with Gasteiger partial charge in [-0.2, -0.15) is 0 Å². The standard InChI is InChI=1S/C23H31N5O3/c1-14(2)11-16-7-9-17(10-8-16)19(15(3)4)25-18(29)12-28-22(30)20-21(24-13-26(20)5)27(6)23(28)31/h7-10,13-15,19H,11-12H2,1-6H3,(H,25,29). The Labute approximate surface area is 181 Å². The minimum absolute atomic E-state index is 0.138. The van der Waals surface area contributed by atoms with E-state index in [0.29, 0.717) is 11.6 Å². The summed E-state index contributed by atoms with van der Waals surface area (Å²) in [7, 11) is 3.23. The second-order valence-corrected chi connectivity index (χ2v) is 8.89. The number of nitrogens with one attached hydrogen (secondary N) is 1. The summed E-state index contributed by atoms with van der Waals surface area (Å²) in [5.74, 6) is 0.328. The summed E-state index contributed by atoms with van der Waals surface area (Å²) in [6.45, 7) is 8.07. The van der Waals surface area contributed by atoms with E-state index in [1.165, 1.54) is 16.5 Å². The van der Waals surface area contributed by atoms with Crippen LogP contribution in [0.15, 0.2) is 40.2 Å². The van der Waals surface area contributed by atoms with Crippen LogP contribution in [0, 0.1) is 11.8 Å². The molecule has 8 heteroatoms. The van der Waals surface area contributed by atoms with E-state index in [1.807, 2.05) is 26.0 Å². The average Bonchev–Trinajstić information content (AvgIpc) is 3.09. The van der Waals surface area contributed by atoms with Gasteiger partial charge in [0.05, 0.1) is 12.4 Å². The summed E-state index contributed by atoms with van der Waals surface area (Å²) < 4.78 is 3.81. The van der Waals surface area contributed by atoms with Gasteiger partial charge in [0, 0.05) is 14.1 Å². The lowest BCUT2D eigenvalue weighted by molar-refractivity contribution is -0.122. The Balaban J connectivity index is 1.85. The molecule has 0 radical (unpaired) electrons. The third-order valence-corrected chi connectivity index (χ3v) is 5.47. The Morgan fingerprint density at radius 2 is 1.71 bits per heavy atom. The largest absolute Gasteiger partial charge is 0.347 e. The number of benzene rings is 1. The monoisotopic (exact) mass is 425 g/mol. The van der Waals surface area contributed by atoms with E-state index in [2.05, 4.69) is 36.3 Å². The summed E-state index contributed by atoms with van der Waals surface area (Å²) in [4.78, 5) is 42.5. The van der Waals surface area contributed by atoms with Crippen LogP contribution in [0.25, 0.3) is 11.2 Å². The highest BCUT2D eigenvalue weighted by atomic mass is 16.2. The van der Waals surface area contributed by atoms with Crippen LogP contribution < -0.4 is 16.6 Å². The zero-order valence-corrected chi connectivity index (χ0v) is 19.0. The van der Waals surface area contributed by atoms with Crippen LogP contribution in [0.2, 0.25) is 0 Å². The van der Waals surface area contributed by atoms with E-state index in [4.69, 9.17) is 0 Å². The van der Waals surface area contributed by atoms with E-state index >= 15 is 0 Å². The quantitative estimate of drug-likeness (QED) is 0.628. The SMILES string of the molecule is CC(C)Cc1ccc(C(NC(=O)Cn2c(=O)c3c(ncn3C)n(C)c2=O)C(C)C)cc1. The normalized spacial score (nSPS) is 12.6. The molecule has 0 saturated carbocycles. The molecule has 166 valence electrons. The van der Waals surface area contributed by atoms with Gasteiger partial charge >= 0.3 is 5.69 Å². The molecule has 1 unspecified atom stereocenters. The zero-order valence-electron chi connectivity index (χ0n) is 19.0. The van der Waals surface area contributed by atoms with Crippen molar-refractivity contribution >= 4 is 17.1 Å². The number of hydrogen-bond donors (Lipinski definition) is 1. The number of amides is 1. The van der Waals surface area contributed by atoms with Crippen molar-refractivity contribution in [3.05, 3.63) is 62.6 Å². The van der Waals surface area contributed by atoms with Gasteiger partial charge in [0.1, 0.15) is 6.54 Å². The molecular weight excluding hydrogens is 394 g/mol. The highest BCUT2D eigenvalue weighted by molar-refractivity contribution is 5.77. The van der Waals surface area contributed by atoms with Crippen LogP contribution in [0.1, 0.15) is 44.9 Å². The van der Waals surface area contributed by atoms with Gasteiger partial charge in [-0.1, -0.05) is 52.0 Å². The summed E-state index contributed by atoms with van der Waals surface area (Å²) in [6, 6.07) is 8.03. The Morgan fingerprint density at radius 1 is 1.06 bits per heavy atom. The number of carbonyl (C=O) groups excluding carboxylic acids is 1. The van der Waals surface area contributed by atoms with Gasteiger partial charge in [0.25, 0.3) is 5.56 Å². The van der Waals surface area contributed by atoms with Crippen molar-refractivity contribution in [3.8, 4) is 0 Å². The van der Waals surface area contributed by atoms with Crippen molar-refractivity contribution in [1.29, 1.82) is 0 Å². The van der Waals surface area contributed by atoms with E-state index < -0.39 is 11.2 Å². The molecule has 0 aliphatic rings.